The number of aromatic nitrogens is 3. The first kappa shape index (κ1) is 15.8. The number of nitrogens with one attached hydrogen (secondary N) is 1. The third-order valence-corrected chi connectivity index (χ3v) is 5.54. The van der Waals surface area contributed by atoms with E-state index in [4.69, 9.17) is 16.3 Å². The molecule has 2 aliphatic carbocycles. The Bertz CT molecular complexity index is 717. The molecule has 0 radical (unpaired) electrons. The fourth-order valence-corrected chi connectivity index (χ4v) is 3.77. The lowest BCUT2D eigenvalue weighted by Gasteiger charge is -2.29. The van der Waals surface area contributed by atoms with Crippen molar-refractivity contribution in [2.45, 2.75) is 56.8 Å². The van der Waals surface area contributed by atoms with E-state index in [9.17, 15) is 0 Å². The molecule has 0 aromatic carbocycles. The third-order valence-electron chi connectivity index (χ3n) is 4.45. The van der Waals surface area contributed by atoms with E-state index in [-0.39, 0.29) is 0 Å². The molecule has 0 bridgehead atoms. The Kier molecular flexibility index (Phi) is 4.56. The number of halogens is 2. The van der Waals surface area contributed by atoms with Gasteiger partial charge in [-0.3, -0.25) is 0 Å². The molecular formula is C16H18ClIN4O. The molecule has 0 spiro atoms. The lowest BCUT2D eigenvalue weighted by Crippen LogP contribution is -2.30. The van der Waals surface area contributed by atoms with Crippen molar-refractivity contribution in [1.82, 2.24) is 15.0 Å². The second-order valence-electron chi connectivity index (χ2n) is 6.31. The second-order valence-corrected chi connectivity index (χ2v) is 7.83. The molecule has 2 fully saturated rings. The SMILES string of the molecule is Clc1ncc(I)c2nc(N[C@H]3CC[C@H](OC4CC4)CC3)ncc12. The standard InChI is InChI=1S/C16H18ClIN4O/c17-15-12-7-20-16(22-14(12)13(18)8-19-15)21-9-1-3-10(4-2-9)23-11-5-6-11/h7-11H,1-6H2,(H,20,21,22)/t9-,10-. The summed E-state index contributed by atoms with van der Waals surface area (Å²) in [6.07, 6.45) is 11.4. The minimum Gasteiger partial charge on any atom is -0.375 e. The number of rotatable bonds is 4. The summed E-state index contributed by atoms with van der Waals surface area (Å²) in [5, 5.41) is 4.71. The fourth-order valence-electron chi connectivity index (χ4n) is 3.03. The number of pyridine rings is 1. The largest absolute Gasteiger partial charge is 0.375 e. The third kappa shape index (κ3) is 3.69. The summed E-state index contributed by atoms with van der Waals surface area (Å²) in [4.78, 5) is 13.2. The molecule has 2 aliphatic rings. The van der Waals surface area contributed by atoms with Crippen LogP contribution in [0, 0.1) is 3.57 Å². The highest BCUT2D eigenvalue weighted by Crippen LogP contribution is 2.31. The van der Waals surface area contributed by atoms with Gasteiger partial charge in [0.05, 0.1) is 26.7 Å². The summed E-state index contributed by atoms with van der Waals surface area (Å²) in [6.45, 7) is 0. The molecule has 2 aromatic heterocycles. The fraction of sp³-hybridized carbons (Fsp3) is 0.562. The van der Waals surface area contributed by atoms with Gasteiger partial charge < -0.3 is 10.1 Å². The van der Waals surface area contributed by atoms with E-state index in [2.05, 4.69) is 42.9 Å². The van der Waals surface area contributed by atoms with Crippen LogP contribution in [-0.4, -0.2) is 33.2 Å². The normalized spacial score (nSPS) is 24.8. The summed E-state index contributed by atoms with van der Waals surface area (Å²) >= 11 is 8.33. The van der Waals surface area contributed by atoms with Gasteiger partial charge in [-0.05, 0) is 61.1 Å². The van der Waals surface area contributed by atoms with Crippen LogP contribution in [0.25, 0.3) is 10.9 Å². The van der Waals surface area contributed by atoms with Gasteiger partial charge in [-0.25, -0.2) is 15.0 Å². The van der Waals surface area contributed by atoms with E-state index >= 15 is 0 Å². The van der Waals surface area contributed by atoms with Crippen LogP contribution in [0.15, 0.2) is 12.4 Å². The summed E-state index contributed by atoms with van der Waals surface area (Å²) in [5.74, 6) is 0.671. The average Bonchev–Trinajstić information content (AvgIpc) is 3.37. The van der Waals surface area contributed by atoms with Gasteiger partial charge in [0, 0.05) is 18.4 Å². The smallest absolute Gasteiger partial charge is 0.223 e. The highest BCUT2D eigenvalue weighted by Gasteiger charge is 2.29. The number of nitrogens with zero attached hydrogens (tertiary/aromatic N) is 3. The maximum Gasteiger partial charge on any atom is 0.223 e. The molecule has 4 rings (SSSR count). The van der Waals surface area contributed by atoms with E-state index in [1.807, 2.05) is 0 Å². The number of anilines is 1. The quantitative estimate of drug-likeness (QED) is 0.566. The van der Waals surface area contributed by atoms with E-state index in [0.717, 1.165) is 40.2 Å². The summed E-state index contributed by atoms with van der Waals surface area (Å²) in [7, 11) is 0. The van der Waals surface area contributed by atoms with Gasteiger partial charge in [-0.1, -0.05) is 11.6 Å². The molecule has 0 atom stereocenters. The van der Waals surface area contributed by atoms with Crippen LogP contribution in [0.5, 0.6) is 0 Å². The molecule has 0 saturated heterocycles. The number of fused-ring (bicyclic) bond motifs is 1. The Hall–Kier alpha value is -0.730. The van der Waals surface area contributed by atoms with Crippen LogP contribution in [0.4, 0.5) is 5.95 Å². The lowest BCUT2D eigenvalue weighted by atomic mass is 9.93. The molecule has 5 nitrogen and oxygen atoms in total. The highest BCUT2D eigenvalue weighted by atomic mass is 127. The van der Waals surface area contributed by atoms with Crippen molar-refractivity contribution < 1.29 is 4.74 Å². The van der Waals surface area contributed by atoms with Crippen LogP contribution >= 0.6 is 34.2 Å². The number of hydrogen-bond donors (Lipinski definition) is 1. The monoisotopic (exact) mass is 444 g/mol. The Labute approximate surface area is 153 Å². The summed E-state index contributed by atoms with van der Waals surface area (Å²) < 4.78 is 6.99. The predicted molar refractivity (Wildman–Crippen MR) is 98.8 cm³/mol. The minimum absolute atomic E-state index is 0.418. The molecule has 2 aromatic rings. The van der Waals surface area contributed by atoms with Crippen LogP contribution in [-0.2, 0) is 4.74 Å². The summed E-state index contributed by atoms with van der Waals surface area (Å²) in [5.41, 5.74) is 0.855. The topological polar surface area (TPSA) is 59.9 Å². The van der Waals surface area contributed by atoms with E-state index in [0.29, 0.717) is 29.4 Å². The molecule has 1 N–H and O–H groups in total. The van der Waals surface area contributed by atoms with Gasteiger partial charge >= 0.3 is 0 Å². The molecule has 0 aliphatic heterocycles. The first-order valence-corrected chi connectivity index (χ1v) is 9.53. The Morgan fingerprint density at radius 2 is 1.74 bits per heavy atom. The summed E-state index contributed by atoms with van der Waals surface area (Å²) in [6, 6.07) is 0.418. The second kappa shape index (κ2) is 6.64. The van der Waals surface area contributed by atoms with E-state index < -0.39 is 0 Å². The van der Waals surface area contributed by atoms with Crippen molar-refractivity contribution in [3.8, 4) is 0 Å². The van der Waals surface area contributed by atoms with Crippen LogP contribution < -0.4 is 5.32 Å². The van der Waals surface area contributed by atoms with Crippen LogP contribution in [0.3, 0.4) is 0 Å². The maximum atomic E-state index is 6.11. The molecular weight excluding hydrogens is 427 g/mol. The van der Waals surface area contributed by atoms with Gasteiger partial charge in [-0.15, -0.1) is 0 Å². The number of hydrogen-bond acceptors (Lipinski definition) is 5. The van der Waals surface area contributed by atoms with Crippen molar-refractivity contribution in [2.24, 2.45) is 0 Å². The predicted octanol–water partition coefficient (Wildman–Crippen LogP) is 4.18. The van der Waals surface area contributed by atoms with Gasteiger partial charge in [0.25, 0.3) is 0 Å². The van der Waals surface area contributed by atoms with Gasteiger partial charge in [-0.2, -0.15) is 0 Å². The van der Waals surface area contributed by atoms with Crippen molar-refractivity contribution in [3.63, 3.8) is 0 Å². The molecule has 2 saturated carbocycles. The minimum atomic E-state index is 0.418. The van der Waals surface area contributed by atoms with Crippen molar-refractivity contribution in [1.29, 1.82) is 0 Å². The van der Waals surface area contributed by atoms with Crippen molar-refractivity contribution in [2.75, 3.05) is 5.32 Å². The van der Waals surface area contributed by atoms with Gasteiger partial charge in [0.1, 0.15) is 5.15 Å². The molecule has 23 heavy (non-hydrogen) atoms. The Morgan fingerprint density at radius 1 is 1.04 bits per heavy atom. The molecule has 122 valence electrons. The zero-order valence-corrected chi connectivity index (χ0v) is 15.5. The highest BCUT2D eigenvalue weighted by molar-refractivity contribution is 14.1. The maximum absolute atomic E-state index is 6.11. The van der Waals surface area contributed by atoms with Crippen molar-refractivity contribution in [3.05, 3.63) is 21.1 Å². The zero-order chi connectivity index (χ0) is 15.8. The van der Waals surface area contributed by atoms with Crippen molar-refractivity contribution >= 4 is 51.0 Å². The average molecular weight is 445 g/mol. The van der Waals surface area contributed by atoms with Gasteiger partial charge in [0.15, 0.2) is 0 Å². The first-order valence-electron chi connectivity index (χ1n) is 8.08. The molecule has 0 unspecified atom stereocenters. The Morgan fingerprint density at radius 3 is 2.43 bits per heavy atom. The molecule has 7 heteroatoms. The van der Waals surface area contributed by atoms with Crippen LogP contribution in [0.1, 0.15) is 38.5 Å². The lowest BCUT2D eigenvalue weighted by molar-refractivity contribution is 0.0146. The van der Waals surface area contributed by atoms with Gasteiger partial charge in [0.2, 0.25) is 5.95 Å². The molecule has 0 amide bonds. The first-order chi connectivity index (χ1) is 11.2. The van der Waals surface area contributed by atoms with E-state index in [1.54, 1.807) is 12.4 Å². The van der Waals surface area contributed by atoms with Crippen LogP contribution in [0.2, 0.25) is 5.15 Å². The van der Waals surface area contributed by atoms with E-state index in [1.165, 1.54) is 12.8 Å². The Balaban J connectivity index is 1.42. The molecule has 2 heterocycles. The number of ether oxygens (including phenoxy) is 1. The zero-order valence-electron chi connectivity index (χ0n) is 12.6.